The summed E-state index contributed by atoms with van der Waals surface area (Å²) in [5.74, 6) is -1.42. The molecule has 2 saturated heterocycles. The third-order valence-corrected chi connectivity index (χ3v) is 9.24. The SMILES string of the molecule is CC(C)(C)OC(=O)N1CC2[C@@H](C1)[C@@H]2C(=O)Nc1cc(CS(=O)(=O)N2CCCCC2(C)C)ccc1F. The first-order chi connectivity index (χ1) is 16.2. The second-order valence-electron chi connectivity index (χ2n) is 11.6. The lowest BCUT2D eigenvalue weighted by atomic mass is 9.93. The number of anilines is 1. The van der Waals surface area contributed by atoms with Crippen LogP contribution in [-0.2, 0) is 25.3 Å². The minimum Gasteiger partial charge on any atom is -0.444 e. The number of benzene rings is 1. The number of nitrogens with one attached hydrogen (secondary N) is 1. The van der Waals surface area contributed by atoms with E-state index in [1.165, 1.54) is 18.2 Å². The number of sulfonamides is 1. The summed E-state index contributed by atoms with van der Waals surface area (Å²) < 4.78 is 47.7. The van der Waals surface area contributed by atoms with Gasteiger partial charge < -0.3 is 15.0 Å². The smallest absolute Gasteiger partial charge is 0.410 e. The van der Waals surface area contributed by atoms with Crippen LogP contribution >= 0.6 is 0 Å². The minimum absolute atomic E-state index is 0.0189. The average Bonchev–Trinajstić information content (AvgIpc) is 3.22. The summed E-state index contributed by atoms with van der Waals surface area (Å²) in [4.78, 5) is 26.7. The third kappa shape index (κ3) is 5.63. The van der Waals surface area contributed by atoms with Gasteiger partial charge in [-0.3, -0.25) is 4.79 Å². The molecule has 2 amide bonds. The van der Waals surface area contributed by atoms with Crippen molar-refractivity contribution in [3.8, 4) is 0 Å². The topological polar surface area (TPSA) is 96.0 Å². The molecule has 194 valence electrons. The molecule has 2 aliphatic heterocycles. The number of fused-ring (bicyclic) bond motifs is 1. The Morgan fingerprint density at radius 2 is 1.83 bits per heavy atom. The molecule has 2 heterocycles. The summed E-state index contributed by atoms with van der Waals surface area (Å²) >= 11 is 0. The van der Waals surface area contributed by atoms with Gasteiger partial charge in [-0.2, -0.15) is 4.31 Å². The molecule has 1 aromatic rings. The third-order valence-electron chi connectivity index (χ3n) is 7.20. The molecule has 4 rings (SSSR count). The maximum atomic E-state index is 14.5. The predicted octanol–water partition coefficient (Wildman–Crippen LogP) is 3.97. The monoisotopic (exact) mass is 509 g/mol. The number of carbonyl (C=O) groups is 2. The normalized spacial score (nSPS) is 26.2. The van der Waals surface area contributed by atoms with E-state index < -0.39 is 27.0 Å². The summed E-state index contributed by atoms with van der Waals surface area (Å²) in [5, 5.41) is 2.65. The molecule has 3 aliphatic rings. The Balaban J connectivity index is 1.37. The van der Waals surface area contributed by atoms with E-state index in [0.29, 0.717) is 25.2 Å². The van der Waals surface area contributed by atoms with Crippen LogP contribution in [0, 0.1) is 23.6 Å². The van der Waals surface area contributed by atoms with E-state index in [-0.39, 0.29) is 41.2 Å². The van der Waals surface area contributed by atoms with Crippen LogP contribution in [0.15, 0.2) is 18.2 Å². The fourth-order valence-corrected chi connectivity index (χ4v) is 7.42. The highest BCUT2D eigenvalue weighted by Gasteiger charge is 2.60. The van der Waals surface area contributed by atoms with E-state index in [4.69, 9.17) is 4.74 Å². The number of hydrogen-bond donors (Lipinski definition) is 1. The van der Waals surface area contributed by atoms with Crippen molar-refractivity contribution in [1.29, 1.82) is 0 Å². The molecule has 1 N–H and O–H groups in total. The molecule has 1 aliphatic carbocycles. The minimum atomic E-state index is -3.60. The van der Waals surface area contributed by atoms with E-state index >= 15 is 0 Å². The lowest BCUT2D eigenvalue weighted by Gasteiger charge is -2.41. The van der Waals surface area contributed by atoms with Gasteiger partial charge in [-0.05, 0) is 77.0 Å². The summed E-state index contributed by atoms with van der Waals surface area (Å²) in [7, 11) is -3.60. The Kier molecular flexibility index (Phi) is 6.68. The zero-order chi connectivity index (χ0) is 25.8. The molecular formula is C25H36FN3O5S. The van der Waals surface area contributed by atoms with E-state index in [1.807, 2.05) is 13.8 Å². The summed E-state index contributed by atoms with van der Waals surface area (Å²) in [6.45, 7) is 10.6. The number of hydrogen-bond acceptors (Lipinski definition) is 5. The number of piperidine rings is 2. The van der Waals surface area contributed by atoms with Crippen molar-refractivity contribution in [1.82, 2.24) is 9.21 Å². The van der Waals surface area contributed by atoms with E-state index in [1.54, 1.807) is 30.0 Å². The Bertz CT molecular complexity index is 1100. The number of carbonyl (C=O) groups excluding carboxylic acids is 2. The van der Waals surface area contributed by atoms with Gasteiger partial charge in [0, 0.05) is 31.1 Å². The largest absolute Gasteiger partial charge is 0.444 e. The van der Waals surface area contributed by atoms with E-state index in [2.05, 4.69) is 5.32 Å². The molecule has 1 saturated carbocycles. The van der Waals surface area contributed by atoms with Gasteiger partial charge in [0.1, 0.15) is 11.4 Å². The van der Waals surface area contributed by atoms with Crippen LogP contribution < -0.4 is 5.32 Å². The van der Waals surface area contributed by atoms with Crippen molar-refractivity contribution in [2.45, 2.75) is 70.8 Å². The van der Waals surface area contributed by atoms with Crippen LogP contribution in [0.2, 0.25) is 0 Å². The Labute approximate surface area is 207 Å². The molecule has 1 aromatic carbocycles. The molecule has 0 bridgehead atoms. The van der Waals surface area contributed by atoms with Gasteiger partial charge in [-0.15, -0.1) is 0 Å². The first-order valence-corrected chi connectivity index (χ1v) is 13.9. The zero-order valence-corrected chi connectivity index (χ0v) is 22.0. The van der Waals surface area contributed by atoms with Gasteiger partial charge in [0.25, 0.3) is 0 Å². The van der Waals surface area contributed by atoms with Crippen molar-refractivity contribution in [3.05, 3.63) is 29.6 Å². The summed E-state index contributed by atoms with van der Waals surface area (Å²) in [6.07, 6.45) is 2.22. The lowest BCUT2D eigenvalue weighted by molar-refractivity contribution is -0.118. The van der Waals surface area contributed by atoms with Crippen molar-refractivity contribution in [2.24, 2.45) is 17.8 Å². The molecule has 3 atom stereocenters. The fraction of sp³-hybridized carbons (Fsp3) is 0.680. The Morgan fingerprint density at radius 1 is 1.17 bits per heavy atom. The van der Waals surface area contributed by atoms with Crippen molar-refractivity contribution >= 4 is 27.7 Å². The van der Waals surface area contributed by atoms with Gasteiger partial charge in [-0.1, -0.05) is 12.5 Å². The van der Waals surface area contributed by atoms with Crippen molar-refractivity contribution < 1.29 is 27.1 Å². The number of likely N-dealkylation sites (tertiary alicyclic amines) is 1. The summed E-state index contributed by atoms with van der Waals surface area (Å²) in [5.41, 5.74) is -0.629. The van der Waals surface area contributed by atoms with Crippen LogP contribution in [0.3, 0.4) is 0 Å². The molecule has 0 radical (unpaired) electrons. The Morgan fingerprint density at radius 3 is 2.43 bits per heavy atom. The molecule has 8 nitrogen and oxygen atoms in total. The molecule has 1 unspecified atom stereocenters. The van der Waals surface area contributed by atoms with Gasteiger partial charge >= 0.3 is 6.09 Å². The highest BCUT2D eigenvalue weighted by molar-refractivity contribution is 7.88. The average molecular weight is 510 g/mol. The maximum absolute atomic E-state index is 14.5. The van der Waals surface area contributed by atoms with Gasteiger partial charge in [-0.25, -0.2) is 17.6 Å². The van der Waals surface area contributed by atoms with Crippen LogP contribution in [0.1, 0.15) is 59.4 Å². The highest BCUT2D eigenvalue weighted by atomic mass is 32.2. The van der Waals surface area contributed by atoms with Crippen LogP contribution in [0.25, 0.3) is 0 Å². The number of rotatable bonds is 5. The van der Waals surface area contributed by atoms with E-state index in [9.17, 15) is 22.4 Å². The molecular weight excluding hydrogens is 473 g/mol. The first kappa shape index (κ1) is 25.9. The quantitative estimate of drug-likeness (QED) is 0.648. The number of nitrogens with zero attached hydrogens (tertiary/aromatic N) is 2. The Hall–Kier alpha value is -2.20. The molecule has 0 spiro atoms. The number of ether oxygens (including phenoxy) is 1. The van der Waals surface area contributed by atoms with Crippen molar-refractivity contribution in [2.75, 3.05) is 25.0 Å². The van der Waals surface area contributed by atoms with Crippen LogP contribution in [0.5, 0.6) is 0 Å². The standard InChI is InChI=1S/C25H36FN3O5S/c1-24(2,3)34-23(31)28-13-17-18(14-28)21(17)22(30)27-20-12-16(8-9-19(20)26)15-35(32,33)29-11-7-6-10-25(29,4)5/h8-9,12,17-18,21H,6-7,10-11,13-15H2,1-5H3,(H,27,30)/t17-,18?,21+/m1/s1. The fourth-order valence-electron chi connectivity index (χ4n) is 5.41. The molecule has 35 heavy (non-hydrogen) atoms. The highest BCUT2D eigenvalue weighted by Crippen LogP contribution is 2.52. The number of amides is 2. The van der Waals surface area contributed by atoms with Gasteiger partial charge in [0.15, 0.2) is 0 Å². The second-order valence-corrected chi connectivity index (χ2v) is 13.5. The lowest BCUT2D eigenvalue weighted by Crippen LogP contribution is -2.50. The zero-order valence-electron chi connectivity index (χ0n) is 21.1. The predicted molar refractivity (Wildman–Crippen MR) is 131 cm³/mol. The van der Waals surface area contributed by atoms with Gasteiger partial charge in [0.2, 0.25) is 15.9 Å². The first-order valence-electron chi connectivity index (χ1n) is 12.3. The molecule has 10 heteroatoms. The van der Waals surface area contributed by atoms with Crippen molar-refractivity contribution in [3.63, 3.8) is 0 Å². The van der Waals surface area contributed by atoms with Gasteiger partial charge in [0.05, 0.1) is 11.4 Å². The maximum Gasteiger partial charge on any atom is 0.410 e. The van der Waals surface area contributed by atoms with E-state index in [0.717, 1.165) is 19.3 Å². The molecule has 0 aromatic heterocycles. The second kappa shape index (κ2) is 9.03. The molecule has 3 fully saturated rings. The van der Waals surface area contributed by atoms with Crippen LogP contribution in [-0.4, -0.2) is 60.4 Å². The van der Waals surface area contributed by atoms with Crippen LogP contribution in [0.4, 0.5) is 14.9 Å². The summed E-state index contributed by atoms with van der Waals surface area (Å²) in [6, 6.07) is 4.05. The number of halogens is 1.